The largest absolute Gasteiger partial charge is 0.411 e. The summed E-state index contributed by atoms with van der Waals surface area (Å²) >= 11 is 0. The van der Waals surface area contributed by atoms with Gasteiger partial charge in [0.25, 0.3) is 0 Å². The van der Waals surface area contributed by atoms with Crippen molar-refractivity contribution in [1.82, 2.24) is 0 Å². The van der Waals surface area contributed by atoms with Crippen molar-refractivity contribution >= 4 is 0 Å². The molecule has 4 aromatic carbocycles. The fraction of sp³-hybridized carbons (Fsp3) is 0.324. The average Bonchev–Trinajstić information content (AvgIpc) is 3.09. The molecule has 0 saturated carbocycles. The van der Waals surface area contributed by atoms with E-state index in [9.17, 15) is 18.4 Å². The predicted octanol–water partition coefficient (Wildman–Crippen LogP) is 7.13. The Kier molecular flexibility index (Phi) is 12.5. The van der Waals surface area contributed by atoms with E-state index in [0.717, 1.165) is 16.7 Å². The monoisotopic (exact) mass is 647 g/mol. The molecule has 0 bridgehead atoms. The van der Waals surface area contributed by atoms with E-state index in [2.05, 4.69) is 6.07 Å². The van der Waals surface area contributed by atoms with Gasteiger partial charge in [-0.25, -0.2) is 0 Å². The van der Waals surface area contributed by atoms with E-state index in [1.54, 1.807) is 24.3 Å². The molecule has 47 heavy (non-hydrogen) atoms. The van der Waals surface area contributed by atoms with Crippen LogP contribution in [0.2, 0.25) is 0 Å². The summed E-state index contributed by atoms with van der Waals surface area (Å²) in [6.07, 6.45) is -9.95. The van der Waals surface area contributed by atoms with Crippen molar-refractivity contribution < 1.29 is 41.6 Å². The van der Waals surface area contributed by atoms with Crippen LogP contribution in [0.3, 0.4) is 0 Å². The van der Waals surface area contributed by atoms with E-state index < -0.39 is 43.5 Å². The number of halogens is 3. The number of alkyl halides is 3. The fourth-order valence-corrected chi connectivity index (χ4v) is 5.23. The number of nitriles is 1. The van der Waals surface area contributed by atoms with Crippen molar-refractivity contribution in [2.75, 3.05) is 13.2 Å². The van der Waals surface area contributed by atoms with Gasteiger partial charge >= 0.3 is 6.18 Å². The van der Waals surface area contributed by atoms with Gasteiger partial charge in [0.2, 0.25) is 0 Å². The zero-order valence-electron chi connectivity index (χ0n) is 25.6. The highest BCUT2D eigenvalue weighted by Gasteiger charge is 2.50. The highest BCUT2D eigenvalue weighted by atomic mass is 19.4. The van der Waals surface area contributed by atoms with Crippen molar-refractivity contribution in [2.24, 2.45) is 0 Å². The normalized spacial score (nSPS) is 21.3. The standard InChI is InChI=1S/C37H36F3NO6/c38-37(39,40)26-46-36-35(45-24-31-19-11-10-18-30(31)20-41)34(44-23-29-16-8-3-9-17-29)33(43-22-28-14-6-2-7-15-28)32(47-36)25-42-21-27-12-4-1-5-13-27/h1-19,32-36H,21-26H2/t32-,33-,34+,35-,36+/m1/s1. The van der Waals surface area contributed by atoms with Crippen LogP contribution in [-0.2, 0) is 54.8 Å². The van der Waals surface area contributed by atoms with Crippen LogP contribution in [0.15, 0.2) is 115 Å². The van der Waals surface area contributed by atoms with Gasteiger partial charge in [-0.3, -0.25) is 0 Å². The fourth-order valence-electron chi connectivity index (χ4n) is 5.23. The topological polar surface area (TPSA) is 79.2 Å². The van der Waals surface area contributed by atoms with E-state index in [4.69, 9.17) is 28.4 Å². The van der Waals surface area contributed by atoms with Crippen LogP contribution >= 0.6 is 0 Å². The van der Waals surface area contributed by atoms with Crippen LogP contribution in [0.5, 0.6) is 0 Å². The van der Waals surface area contributed by atoms with Crippen LogP contribution in [0.25, 0.3) is 0 Å². The van der Waals surface area contributed by atoms with Crippen molar-refractivity contribution in [3.8, 4) is 6.07 Å². The lowest BCUT2D eigenvalue weighted by atomic mass is 9.97. The molecule has 0 N–H and O–H groups in total. The molecule has 7 nitrogen and oxygen atoms in total. The Balaban J connectivity index is 1.46. The second-order valence-corrected chi connectivity index (χ2v) is 11.0. The minimum absolute atomic E-state index is 0.0184. The maximum Gasteiger partial charge on any atom is 0.411 e. The summed E-state index contributed by atoms with van der Waals surface area (Å²) in [6, 6.07) is 37.3. The summed E-state index contributed by atoms with van der Waals surface area (Å²) in [5.41, 5.74) is 3.58. The highest BCUT2D eigenvalue weighted by Crippen LogP contribution is 2.33. The Labute approximate surface area is 272 Å². The lowest BCUT2D eigenvalue weighted by Gasteiger charge is -2.46. The molecule has 0 unspecified atom stereocenters. The smallest absolute Gasteiger partial charge is 0.374 e. The molecule has 0 amide bonds. The Morgan fingerprint density at radius 1 is 0.596 bits per heavy atom. The molecule has 0 spiro atoms. The predicted molar refractivity (Wildman–Crippen MR) is 167 cm³/mol. The van der Waals surface area contributed by atoms with Gasteiger partial charge in [0.05, 0.1) is 44.7 Å². The molecule has 1 saturated heterocycles. The third-order valence-electron chi connectivity index (χ3n) is 7.54. The highest BCUT2D eigenvalue weighted by molar-refractivity contribution is 5.36. The van der Waals surface area contributed by atoms with Crippen molar-refractivity contribution in [1.29, 1.82) is 5.26 Å². The lowest BCUT2D eigenvalue weighted by molar-refractivity contribution is -0.341. The minimum Gasteiger partial charge on any atom is -0.374 e. The van der Waals surface area contributed by atoms with Gasteiger partial charge in [-0.2, -0.15) is 18.4 Å². The minimum atomic E-state index is -4.62. The van der Waals surface area contributed by atoms with Crippen LogP contribution in [0.1, 0.15) is 27.8 Å². The first-order chi connectivity index (χ1) is 22.9. The van der Waals surface area contributed by atoms with Gasteiger partial charge in [0, 0.05) is 0 Å². The molecule has 1 aliphatic rings. The van der Waals surface area contributed by atoms with Gasteiger partial charge in [0.1, 0.15) is 31.0 Å². The van der Waals surface area contributed by atoms with E-state index in [0.29, 0.717) is 11.1 Å². The summed E-state index contributed by atoms with van der Waals surface area (Å²) in [7, 11) is 0. The molecule has 0 radical (unpaired) electrons. The number of hydrogen-bond acceptors (Lipinski definition) is 7. The summed E-state index contributed by atoms with van der Waals surface area (Å²) in [6.45, 7) is -1.14. The quantitative estimate of drug-likeness (QED) is 0.136. The average molecular weight is 648 g/mol. The maximum atomic E-state index is 13.5. The van der Waals surface area contributed by atoms with Crippen molar-refractivity contribution in [3.05, 3.63) is 143 Å². The van der Waals surface area contributed by atoms with E-state index in [1.807, 2.05) is 91.0 Å². The zero-order chi connectivity index (χ0) is 32.9. The van der Waals surface area contributed by atoms with Gasteiger partial charge in [-0.15, -0.1) is 0 Å². The van der Waals surface area contributed by atoms with E-state index in [1.165, 1.54) is 0 Å². The first-order valence-corrected chi connectivity index (χ1v) is 15.3. The molecule has 1 fully saturated rings. The van der Waals surface area contributed by atoms with Crippen molar-refractivity contribution in [3.63, 3.8) is 0 Å². The third-order valence-corrected chi connectivity index (χ3v) is 7.54. The molecule has 0 aliphatic carbocycles. The first-order valence-electron chi connectivity index (χ1n) is 15.3. The lowest BCUT2D eigenvalue weighted by Crippen LogP contribution is -2.62. The zero-order valence-corrected chi connectivity index (χ0v) is 25.6. The Hall–Kier alpha value is -4.08. The molecule has 1 heterocycles. The molecular formula is C37H36F3NO6. The molecular weight excluding hydrogens is 611 g/mol. The molecule has 10 heteroatoms. The second-order valence-electron chi connectivity index (χ2n) is 11.0. The second kappa shape index (κ2) is 17.2. The summed E-state index contributed by atoms with van der Waals surface area (Å²) in [5.74, 6) is 0. The molecule has 1 aliphatic heterocycles. The SMILES string of the molecule is N#Cc1ccccc1CO[C@H]1[C@@H](OCC(F)(F)F)O[C@H](COCc2ccccc2)[C@@H](OCc2ccccc2)[C@@H]1OCc1ccccc1. The summed E-state index contributed by atoms with van der Waals surface area (Å²) < 4.78 is 77.3. The Bertz CT molecular complexity index is 1530. The van der Waals surface area contributed by atoms with Gasteiger partial charge in [0.15, 0.2) is 6.29 Å². The molecule has 0 aromatic heterocycles. The number of nitrogens with zero attached hydrogens (tertiary/aromatic N) is 1. The Morgan fingerprint density at radius 2 is 1.11 bits per heavy atom. The number of rotatable bonds is 15. The number of hydrogen-bond donors (Lipinski definition) is 0. The summed E-state index contributed by atoms with van der Waals surface area (Å²) in [5, 5.41) is 9.62. The number of benzene rings is 4. The van der Waals surface area contributed by atoms with Gasteiger partial charge < -0.3 is 28.4 Å². The molecule has 246 valence electrons. The molecule has 5 atom stereocenters. The maximum absolute atomic E-state index is 13.5. The van der Waals surface area contributed by atoms with Crippen molar-refractivity contribution in [2.45, 2.75) is 63.3 Å². The third kappa shape index (κ3) is 10.5. The Morgan fingerprint density at radius 3 is 1.68 bits per heavy atom. The first kappa shape index (κ1) is 34.3. The molecule has 5 rings (SSSR count). The van der Waals surface area contributed by atoms with Gasteiger partial charge in [-0.1, -0.05) is 109 Å². The van der Waals surface area contributed by atoms with Crippen LogP contribution < -0.4 is 0 Å². The van der Waals surface area contributed by atoms with E-state index >= 15 is 0 Å². The summed E-state index contributed by atoms with van der Waals surface area (Å²) in [4.78, 5) is 0. The molecule has 4 aromatic rings. The van der Waals surface area contributed by atoms with Crippen LogP contribution in [0, 0.1) is 11.3 Å². The van der Waals surface area contributed by atoms with Gasteiger partial charge in [-0.05, 0) is 28.3 Å². The van der Waals surface area contributed by atoms with E-state index in [-0.39, 0.29) is 33.0 Å². The van der Waals surface area contributed by atoms with Crippen LogP contribution in [0.4, 0.5) is 13.2 Å². The number of ether oxygens (including phenoxy) is 6. The van der Waals surface area contributed by atoms with Crippen LogP contribution in [-0.4, -0.2) is 50.1 Å².